The number of aryl methyl sites for hydroxylation is 1. The Morgan fingerprint density at radius 3 is 2.57 bits per heavy atom. The number of halogens is 3. The molecule has 1 aromatic carbocycles. The highest BCUT2D eigenvalue weighted by Gasteiger charge is 2.36. The van der Waals surface area contributed by atoms with Crippen LogP contribution in [-0.4, -0.2) is 5.06 Å². The van der Waals surface area contributed by atoms with Gasteiger partial charge in [-0.05, 0) is 30.7 Å². The second-order valence-electron chi connectivity index (χ2n) is 5.28. The lowest BCUT2D eigenvalue weighted by Crippen LogP contribution is -2.24. The minimum Gasteiger partial charge on any atom is -0.464 e. The van der Waals surface area contributed by atoms with Gasteiger partial charge < -0.3 is 15.0 Å². The van der Waals surface area contributed by atoms with E-state index in [1.165, 1.54) is 17.2 Å². The molecule has 0 saturated heterocycles. The first-order valence-corrected chi connectivity index (χ1v) is 6.98. The Balaban J connectivity index is 1.88. The van der Waals surface area contributed by atoms with Gasteiger partial charge in [0.1, 0.15) is 17.6 Å². The zero-order chi connectivity index (χ0) is 16.6. The lowest BCUT2D eigenvalue weighted by atomic mass is 10.1. The van der Waals surface area contributed by atoms with Gasteiger partial charge in [0.15, 0.2) is 0 Å². The van der Waals surface area contributed by atoms with E-state index in [-0.39, 0.29) is 18.0 Å². The summed E-state index contributed by atoms with van der Waals surface area (Å²) in [4.78, 5) is 5.35. The van der Waals surface area contributed by atoms with Crippen molar-refractivity contribution in [3.8, 4) is 0 Å². The quantitative estimate of drug-likeness (QED) is 0.930. The molecule has 0 fully saturated rings. The fourth-order valence-electron chi connectivity index (χ4n) is 2.53. The van der Waals surface area contributed by atoms with Crippen molar-refractivity contribution in [3.63, 3.8) is 0 Å². The summed E-state index contributed by atoms with van der Waals surface area (Å²) >= 11 is 0. The molecule has 122 valence electrons. The van der Waals surface area contributed by atoms with Gasteiger partial charge >= 0.3 is 6.18 Å². The molecule has 2 heterocycles. The van der Waals surface area contributed by atoms with Gasteiger partial charge in [-0.3, -0.25) is 0 Å². The Morgan fingerprint density at radius 2 is 1.91 bits per heavy atom. The van der Waals surface area contributed by atoms with Gasteiger partial charge in [0.2, 0.25) is 5.88 Å². The van der Waals surface area contributed by atoms with E-state index in [4.69, 9.17) is 15.0 Å². The van der Waals surface area contributed by atoms with Crippen molar-refractivity contribution >= 4 is 0 Å². The van der Waals surface area contributed by atoms with Gasteiger partial charge in [-0.1, -0.05) is 18.2 Å². The molecule has 0 radical (unpaired) electrons. The largest absolute Gasteiger partial charge is 0.464 e. The lowest BCUT2D eigenvalue weighted by molar-refractivity contribution is -0.145. The molecule has 4 nitrogen and oxygen atoms in total. The molecule has 23 heavy (non-hydrogen) atoms. The highest BCUT2D eigenvalue weighted by atomic mass is 19.4. The normalized spacial score (nSPS) is 18.8. The summed E-state index contributed by atoms with van der Waals surface area (Å²) in [5.74, 6) is 1.40. The summed E-state index contributed by atoms with van der Waals surface area (Å²) in [5, 5.41) is 1.37. The van der Waals surface area contributed by atoms with Gasteiger partial charge in [0.25, 0.3) is 0 Å². The van der Waals surface area contributed by atoms with Gasteiger partial charge in [-0.25, -0.2) is 0 Å². The van der Waals surface area contributed by atoms with E-state index in [0.29, 0.717) is 11.5 Å². The van der Waals surface area contributed by atoms with Crippen molar-refractivity contribution in [3.05, 3.63) is 71.0 Å². The number of nitrogens with two attached hydrogens (primary N) is 1. The van der Waals surface area contributed by atoms with E-state index in [0.717, 1.165) is 6.07 Å². The van der Waals surface area contributed by atoms with Crippen LogP contribution in [-0.2, 0) is 17.6 Å². The topological polar surface area (TPSA) is 51.6 Å². The smallest absolute Gasteiger partial charge is 0.416 e. The van der Waals surface area contributed by atoms with Crippen molar-refractivity contribution in [2.45, 2.75) is 25.7 Å². The van der Waals surface area contributed by atoms with Crippen LogP contribution in [0.5, 0.6) is 0 Å². The van der Waals surface area contributed by atoms with Gasteiger partial charge in [0, 0.05) is 6.08 Å². The number of furan rings is 1. The van der Waals surface area contributed by atoms with Crippen LogP contribution in [0.4, 0.5) is 13.2 Å². The maximum absolute atomic E-state index is 13.1. The van der Waals surface area contributed by atoms with E-state index in [1.54, 1.807) is 31.2 Å². The van der Waals surface area contributed by atoms with E-state index in [9.17, 15) is 13.2 Å². The summed E-state index contributed by atoms with van der Waals surface area (Å²) in [5.41, 5.74) is 5.09. The van der Waals surface area contributed by atoms with Gasteiger partial charge in [0.05, 0.1) is 12.1 Å². The predicted octanol–water partition coefficient (Wildman–Crippen LogP) is 3.90. The molecule has 1 aliphatic heterocycles. The average Bonchev–Trinajstić information content (AvgIpc) is 3.04. The lowest BCUT2D eigenvalue weighted by Gasteiger charge is -2.23. The summed E-state index contributed by atoms with van der Waals surface area (Å²) in [6.07, 6.45) is -2.82. The summed E-state index contributed by atoms with van der Waals surface area (Å²) < 4.78 is 44.9. The van der Waals surface area contributed by atoms with Gasteiger partial charge in [-0.2, -0.15) is 13.2 Å². The highest BCUT2D eigenvalue weighted by molar-refractivity contribution is 5.30. The Kier molecular flexibility index (Phi) is 3.81. The average molecular weight is 324 g/mol. The zero-order valence-corrected chi connectivity index (χ0v) is 12.3. The van der Waals surface area contributed by atoms with Crippen LogP contribution < -0.4 is 5.73 Å². The Morgan fingerprint density at radius 1 is 1.17 bits per heavy atom. The molecule has 2 aromatic rings. The van der Waals surface area contributed by atoms with E-state index in [1.807, 2.05) is 0 Å². The third-order valence-electron chi connectivity index (χ3n) is 3.56. The number of benzene rings is 1. The fraction of sp³-hybridized carbons (Fsp3) is 0.250. The fourth-order valence-corrected chi connectivity index (χ4v) is 2.53. The molecular formula is C16H15F3N2O2. The third-order valence-corrected chi connectivity index (χ3v) is 3.56. The third kappa shape index (κ3) is 3.19. The van der Waals surface area contributed by atoms with Crippen LogP contribution in [0.25, 0.3) is 0 Å². The molecule has 0 saturated carbocycles. The zero-order valence-electron chi connectivity index (χ0n) is 12.3. The van der Waals surface area contributed by atoms with E-state index in [2.05, 4.69) is 0 Å². The number of nitrogens with zero attached hydrogens (tertiary/aromatic N) is 1. The summed E-state index contributed by atoms with van der Waals surface area (Å²) in [6, 6.07) is 8.45. The molecule has 1 atom stereocenters. The molecule has 0 spiro atoms. The molecule has 1 unspecified atom stereocenters. The van der Waals surface area contributed by atoms with Crippen LogP contribution in [0.2, 0.25) is 0 Å². The molecule has 2 N–H and O–H groups in total. The molecule has 0 aliphatic carbocycles. The van der Waals surface area contributed by atoms with Crippen molar-refractivity contribution in [1.82, 2.24) is 5.06 Å². The molecule has 0 amide bonds. The maximum atomic E-state index is 13.1. The van der Waals surface area contributed by atoms with E-state index < -0.39 is 17.8 Å². The predicted molar refractivity (Wildman–Crippen MR) is 76.5 cm³/mol. The molecule has 1 aliphatic rings. The SMILES string of the molecule is Cc1ccc(C2C=C(N)ON2Cc2ccccc2C(F)(F)F)o1. The maximum Gasteiger partial charge on any atom is 0.416 e. The van der Waals surface area contributed by atoms with Crippen molar-refractivity contribution in [2.24, 2.45) is 5.73 Å². The minimum absolute atomic E-state index is 0.0721. The van der Waals surface area contributed by atoms with Crippen molar-refractivity contribution in [1.29, 1.82) is 0 Å². The van der Waals surface area contributed by atoms with Crippen LogP contribution in [0, 0.1) is 6.92 Å². The first kappa shape index (κ1) is 15.5. The van der Waals surface area contributed by atoms with Crippen molar-refractivity contribution in [2.75, 3.05) is 0 Å². The number of hydrogen-bond acceptors (Lipinski definition) is 4. The van der Waals surface area contributed by atoms with Crippen LogP contribution in [0.1, 0.15) is 28.7 Å². The molecule has 3 rings (SSSR count). The minimum atomic E-state index is -4.42. The second kappa shape index (κ2) is 5.66. The molecule has 7 heteroatoms. The van der Waals surface area contributed by atoms with E-state index >= 15 is 0 Å². The first-order chi connectivity index (χ1) is 10.8. The van der Waals surface area contributed by atoms with Crippen LogP contribution in [0.3, 0.4) is 0 Å². The summed E-state index contributed by atoms with van der Waals surface area (Å²) in [6.45, 7) is 1.72. The van der Waals surface area contributed by atoms with Crippen LogP contribution in [0.15, 0.2) is 52.8 Å². The number of hydrogen-bond donors (Lipinski definition) is 1. The van der Waals surface area contributed by atoms with Gasteiger partial charge in [-0.15, -0.1) is 5.06 Å². The molecule has 0 bridgehead atoms. The monoisotopic (exact) mass is 324 g/mol. The second-order valence-corrected chi connectivity index (χ2v) is 5.28. The number of rotatable bonds is 3. The Bertz CT molecular complexity index is 737. The molecule has 1 aromatic heterocycles. The Hall–Kier alpha value is -2.41. The number of alkyl halides is 3. The number of hydroxylamine groups is 2. The van der Waals surface area contributed by atoms with Crippen LogP contribution >= 0.6 is 0 Å². The van der Waals surface area contributed by atoms with Crippen molar-refractivity contribution < 1.29 is 22.4 Å². The highest BCUT2D eigenvalue weighted by Crippen LogP contribution is 2.36. The first-order valence-electron chi connectivity index (χ1n) is 6.98. The Labute approximate surface area is 130 Å². The summed E-state index contributed by atoms with van der Waals surface area (Å²) in [7, 11) is 0. The standard InChI is InChI=1S/C16H15F3N2O2/c1-10-6-7-14(22-10)13-8-15(20)23-21(13)9-11-4-2-3-5-12(11)16(17,18)19/h2-8,13H,9,20H2,1H3. The molecular weight excluding hydrogens is 309 g/mol.